The normalized spacial score (nSPS) is 21.0. The molecule has 1 atom stereocenters. The fourth-order valence-electron chi connectivity index (χ4n) is 2.54. The highest BCUT2D eigenvalue weighted by Crippen LogP contribution is 2.30. The molecule has 4 heteroatoms. The fraction of sp³-hybridized carbons (Fsp3) is 0.647. The van der Waals surface area contributed by atoms with Crippen LogP contribution in [0.1, 0.15) is 46.1 Å². The number of hydrogen-bond acceptors (Lipinski definition) is 3. The molecule has 1 fully saturated rings. The molecule has 1 aromatic rings. The lowest BCUT2D eigenvalue weighted by molar-refractivity contribution is -0.0332. The summed E-state index contributed by atoms with van der Waals surface area (Å²) in [6, 6.07) is 5.40. The van der Waals surface area contributed by atoms with Gasteiger partial charge in [-0.3, -0.25) is 0 Å². The Morgan fingerprint density at radius 2 is 2.19 bits per heavy atom. The molecule has 0 radical (unpaired) electrons. The number of benzene rings is 1. The first-order chi connectivity index (χ1) is 9.87. The van der Waals surface area contributed by atoms with Crippen molar-refractivity contribution in [1.82, 2.24) is 5.32 Å². The Morgan fingerprint density at radius 3 is 2.81 bits per heavy atom. The van der Waals surface area contributed by atoms with E-state index in [-0.39, 0.29) is 17.5 Å². The van der Waals surface area contributed by atoms with Crippen LogP contribution in [0.5, 0.6) is 5.75 Å². The molecule has 1 aromatic carbocycles. The average Bonchev–Trinajstić information content (AvgIpc) is 2.74. The third-order valence-corrected chi connectivity index (χ3v) is 3.72. The number of para-hydroxylation sites is 1. The highest BCUT2D eigenvalue weighted by Gasteiger charge is 2.32. The minimum Gasteiger partial charge on any atom is -0.487 e. The summed E-state index contributed by atoms with van der Waals surface area (Å²) in [5.41, 5.74) is 0.756. The van der Waals surface area contributed by atoms with Crippen LogP contribution < -0.4 is 10.1 Å². The summed E-state index contributed by atoms with van der Waals surface area (Å²) in [5.74, 6) is 0.0364. The third kappa shape index (κ3) is 4.68. The maximum absolute atomic E-state index is 14.0. The molecule has 0 amide bonds. The van der Waals surface area contributed by atoms with Crippen molar-refractivity contribution in [3.05, 3.63) is 29.6 Å². The molecule has 0 aromatic heterocycles. The van der Waals surface area contributed by atoms with Crippen molar-refractivity contribution in [2.75, 3.05) is 6.61 Å². The summed E-state index contributed by atoms with van der Waals surface area (Å²) >= 11 is 0. The van der Waals surface area contributed by atoms with Gasteiger partial charge in [-0.25, -0.2) is 4.39 Å². The monoisotopic (exact) mass is 295 g/mol. The van der Waals surface area contributed by atoms with Gasteiger partial charge < -0.3 is 14.8 Å². The minimum atomic E-state index is -0.310. The molecule has 1 aliphatic rings. The lowest BCUT2D eigenvalue weighted by Gasteiger charge is -2.20. The van der Waals surface area contributed by atoms with Crippen LogP contribution in [0.4, 0.5) is 4.39 Å². The van der Waals surface area contributed by atoms with Crippen LogP contribution in [0.3, 0.4) is 0 Å². The Labute approximate surface area is 126 Å². The van der Waals surface area contributed by atoms with Crippen LogP contribution in [0, 0.1) is 5.82 Å². The van der Waals surface area contributed by atoms with Crippen molar-refractivity contribution in [2.45, 2.75) is 64.8 Å². The maximum atomic E-state index is 14.0. The van der Waals surface area contributed by atoms with Crippen molar-refractivity contribution < 1.29 is 13.9 Å². The minimum absolute atomic E-state index is 0.0468. The predicted molar refractivity (Wildman–Crippen MR) is 82.1 cm³/mol. The molecule has 2 rings (SSSR count). The highest BCUT2D eigenvalue weighted by atomic mass is 19.1. The molecule has 1 heterocycles. The van der Waals surface area contributed by atoms with Crippen LogP contribution in [-0.4, -0.2) is 24.4 Å². The molecule has 0 spiro atoms. The average molecular weight is 295 g/mol. The summed E-state index contributed by atoms with van der Waals surface area (Å²) in [6.07, 6.45) is 2.02. The molecule has 0 bridgehead atoms. The first-order valence-corrected chi connectivity index (χ1v) is 7.69. The van der Waals surface area contributed by atoms with E-state index in [0.29, 0.717) is 24.9 Å². The topological polar surface area (TPSA) is 30.5 Å². The Balaban J connectivity index is 1.98. The predicted octanol–water partition coefficient (Wildman–Crippen LogP) is 3.66. The van der Waals surface area contributed by atoms with Gasteiger partial charge >= 0.3 is 0 Å². The smallest absolute Gasteiger partial charge is 0.165 e. The molecular weight excluding hydrogens is 269 g/mol. The zero-order chi connectivity index (χ0) is 15.5. The van der Waals surface area contributed by atoms with Crippen molar-refractivity contribution in [2.24, 2.45) is 0 Å². The standard InChI is InChI=1S/C17H26FNO2/c1-12(2)19-10-13-6-5-7-15(18)16(13)20-11-14-8-9-17(3,4)21-14/h5-7,12,14,19H,8-11H2,1-4H3. The second kappa shape index (κ2) is 6.75. The van der Waals surface area contributed by atoms with Gasteiger partial charge in [0.15, 0.2) is 11.6 Å². The summed E-state index contributed by atoms with van der Waals surface area (Å²) in [4.78, 5) is 0. The second-order valence-electron chi connectivity index (χ2n) is 6.61. The van der Waals surface area contributed by atoms with Gasteiger partial charge in [-0.15, -0.1) is 0 Å². The van der Waals surface area contributed by atoms with Crippen LogP contribution in [0.25, 0.3) is 0 Å². The summed E-state index contributed by atoms with van der Waals surface area (Å²) in [7, 11) is 0. The van der Waals surface area contributed by atoms with E-state index in [1.54, 1.807) is 6.07 Å². The summed E-state index contributed by atoms with van der Waals surface area (Å²) < 4.78 is 25.6. The van der Waals surface area contributed by atoms with Gasteiger partial charge in [0.2, 0.25) is 0 Å². The molecule has 3 nitrogen and oxygen atoms in total. The summed E-state index contributed by atoms with van der Waals surface area (Å²) in [5, 5.41) is 3.29. The second-order valence-corrected chi connectivity index (χ2v) is 6.61. The molecular formula is C17H26FNO2. The number of nitrogens with one attached hydrogen (secondary N) is 1. The molecule has 118 valence electrons. The molecule has 1 aliphatic heterocycles. The Bertz CT molecular complexity index is 474. The molecule has 1 unspecified atom stereocenters. The molecule has 1 saturated heterocycles. The first-order valence-electron chi connectivity index (χ1n) is 7.69. The van der Waals surface area contributed by atoms with Crippen LogP contribution in [0.15, 0.2) is 18.2 Å². The Hall–Kier alpha value is -1.13. The van der Waals surface area contributed by atoms with Gasteiger partial charge in [-0.2, -0.15) is 0 Å². The largest absolute Gasteiger partial charge is 0.487 e. The quantitative estimate of drug-likeness (QED) is 0.869. The molecule has 0 saturated carbocycles. The molecule has 1 N–H and O–H groups in total. The van der Waals surface area contributed by atoms with Crippen molar-refractivity contribution in [1.29, 1.82) is 0 Å². The van der Waals surface area contributed by atoms with Gasteiger partial charge in [0.1, 0.15) is 6.61 Å². The SMILES string of the molecule is CC(C)NCc1cccc(F)c1OCC1CCC(C)(C)O1. The lowest BCUT2D eigenvalue weighted by Crippen LogP contribution is -2.25. The van der Waals surface area contributed by atoms with E-state index < -0.39 is 0 Å². The highest BCUT2D eigenvalue weighted by molar-refractivity contribution is 5.35. The Kier molecular flexibility index (Phi) is 5.22. The number of rotatable bonds is 6. The number of hydrogen-bond donors (Lipinski definition) is 1. The van der Waals surface area contributed by atoms with Crippen molar-refractivity contribution in [3.63, 3.8) is 0 Å². The van der Waals surface area contributed by atoms with E-state index in [1.807, 2.05) is 6.07 Å². The first kappa shape index (κ1) is 16.2. The van der Waals surface area contributed by atoms with Gasteiger partial charge in [0.05, 0.1) is 11.7 Å². The van der Waals surface area contributed by atoms with E-state index >= 15 is 0 Å². The number of halogens is 1. The zero-order valence-electron chi connectivity index (χ0n) is 13.4. The van der Waals surface area contributed by atoms with Crippen LogP contribution >= 0.6 is 0 Å². The zero-order valence-corrected chi connectivity index (χ0v) is 13.4. The van der Waals surface area contributed by atoms with Gasteiger partial charge in [0, 0.05) is 18.2 Å². The van der Waals surface area contributed by atoms with Crippen molar-refractivity contribution >= 4 is 0 Å². The Morgan fingerprint density at radius 1 is 1.43 bits per heavy atom. The van der Waals surface area contributed by atoms with Crippen LogP contribution in [-0.2, 0) is 11.3 Å². The third-order valence-electron chi connectivity index (χ3n) is 3.72. The molecule has 0 aliphatic carbocycles. The van der Waals surface area contributed by atoms with E-state index in [1.165, 1.54) is 6.07 Å². The van der Waals surface area contributed by atoms with Gasteiger partial charge in [-0.05, 0) is 32.8 Å². The van der Waals surface area contributed by atoms with Gasteiger partial charge in [0.25, 0.3) is 0 Å². The van der Waals surface area contributed by atoms with Crippen LogP contribution in [0.2, 0.25) is 0 Å². The van der Waals surface area contributed by atoms with E-state index in [4.69, 9.17) is 9.47 Å². The fourth-order valence-corrected chi connectivity index (χ4v) is 2.54. The van der Waals surface area contributed by atoms with Gasteiger partial charge in [-0.1, -0.05) is 26.0 Å². The van der Waals surface area contributed by atoms with Crippen molar-refractivity contribution in [3.8, 4) is 5.75 Å². The summed E-state index contributed by atoms with van der Waals surface area (Å²) in [6.45, 7) is 9.28. The van der Waals surface area contributed by atoms with E-state index in [2.05, 4.69) is 33.0 Å². The number of ether oxygens (including phenoxy) is 2. The van der Waals surface area contributed by atoms with E-state index in [0.717, 1.165) is 18.4 Å². The maximum Gasteiger partial charge on any atom is 0.165 e. The lowest BCUT2D eigenvalue weighted by atomic mass is 10.1. The van der Waals surface area contributed by atoms with E-state index in [9.17, 15) is 4.39 Å². The molecule has 21 heavy (non-hydrogen) atoms.